The minimum absolute atomic E-state index is 0.0553. The van der Waals surface area contributed by atoms with Crippen LogP contribution >= 0.6 is 27.7 Å². The Morgan fingerprint density at radius 1 is 1.11 bits per heavy atom. The summed E-state index contributed by atoms with van der Waals surface area (Å²) in [6.45, 7) is 0. The van der Waals surface area contributed by atoms with E-state index in [1.807, 2.05) is 48.5 Å². The van der Waals surface area contributed by atoms with Crippen LogP contribution in [0.25, 0.3) is 0 Å². The van der Waals surface area contributed by atoms with E-state index in [4.69, 9.17) is 5.11 Å². The second-order valence-corrected chi connectivity index (χ2v) is 5.77. The lowest BCUT2D eigenvalue weighted by Gasteiger charge is -2.07. The molecule has 2 aromatic rings. The standard InChI is InChI=1S/C14H11BrO2S/c15-11-5-7-12(8-6-11)18-13-4-2-1-3-10(13)9-14(16)17/h1-8H,9H2,(H,16,17). The van der Waals surface area contributed by atoms with E-state index in [9.17, 15) is 4.79 Å². The molecule has 0 radical (unpaired) electrons. The Hall–Kier alpha value is -1.26. The molecule has 2 aromatic carbocycles. The quantitative estimate of drug-likeness (QED) is 0.915. The van der Waals surface area contributed by atoms with Crippen molar-refractivity contribution in [2.75, 3.05) is 0 Å². The Labute approximate surface area is 118 Å². The molecule has 2 rings (SSSR count). The van der Waals surface area contributed by atoms with Gasteiger partial charge in [-0.05, 0) is 35.9 Å². The maximum atomic E-state index is 10.8. The van der Waals surface area contributed by atoms with Crippen molar-refractivity contribution in [3.05, 3.63) is 58.6 Å². The van der Waals surface area contributed by atoms with Gasteiger partial charge in [-0.25, -0.2) is 0 Å². The molecule has 0 aliphatic rings. The van der Waals surface area contributed by atoms with E-state index in [2.05, 4.69) is 15.9 Å². The van der Waals surface area contributed by atoms with Gasteiger partial charge in [-0.15, -0.1) is 0 Å². The Kier molecular flexibility index (Phi) is 4.44. The molecular formula is C14H11BrO2S. The minimum atomic E-state index is -0.807. The molecule has 0 fully saturated rings. The fourth-order valence-electron chi connectivity index (χ4n) is 1.54. The maximum Gasteiger partial charge on any atom is 0.307 e. The van der Waals surface area contributed by atoms with E-state index in [0.717, 1.165) is 19.8 Å². The largest absolute Gasteiger partial charge is 0.481 e. The SMILES string of the molecule is O=C(O)Cc1ccccc1Sc1ccc(Br)cc1. The molecule has 0 saturated heterocycles. The monoisotopic (exact) mass is 322 g/mol. The number of aliphatic carboxylic acids is 1. The van der Waals surface area contributed by atoms with Crippen LogP contribution in [-0.4, -0.2) is 11.1 Å². The summed E-state index contributed by atoms with van der Waals surface area (Å²) in [5.41, 5.74) is 0.845. The van der Waals surface area contributed by atoms with Crippen LogP contribution in [0.5, 0.6) is 0 Å². The van der Waals surface area contributed by atoms with E-state index in [1.54, 1.807) is 11.8 Å². The summed E-state index contributed by atoms with van der Waals surface area (Å²) in [5, 5.41) is 8.88. The highest BCUT2D eigenvalue weighted by Crippen LogP contribution is 2.31. The first-order valence-corrected chi connectivity index (χ1v) is 6.99. The zero-order valence-electron chi connectivity index (χ0n) is 9.47. The van der Waals surface area contributed by atoms with Gasteiger partial charge in [-0.3, -0.25) is 4.79 Å². The van der Waals surface area contributed by atoms with Gasteiger partial charge in [0.1, 0.15) is 0 Å². The van der Waals surface area contributed by atoms with Crippen molar-refractivity contribution in [1.29, 1.82) is 0 Å². The minimum Gasteiger partial charge on any atom is -0.481 e. The van der Waals surface area contributed by atoms with Gasteiger partial charge in [-0.2, -0.15) is 0 Å². The molecule has 0 aliphatic heterocycles. The Bertz CT molecular complexity index is 552. The summed E-state index contributed by atoms with van der Waals surface area (Å²) in [5.74, 6) is -0.807. The molecule has 0 saturated carbocycles. The number of hydrogen-bond acceptors (Lipinski definition) is 2. The van der Waals surface area contributed by atoms with Crippen molar-refractivity contribution < 1.29 is 9.90 Å². The van der Waals surface area contributed by atoms with Crippen LogP contribution in [0.3, 0.4) is 0 Å². The average molecular weight is 323 g/mol. The van der Waals surface area contributed by atoms with Gasteiger partial charge in [0.2, 0.25) is 0 Å². The molecule has 92 valence electrons. The van der Waals surface area contributed by atoms with Crippen molar-refractivity contribution in [1.82, 2.24) is 0 Å². The summed E-state index contributed by atoms with van der Waals surface area (Å²) in [4.78, 5) is 12.9. The van der Waals surface area contributed by atoms with E-state index >= 15 is 0 Å². The number of carbonyl (C=O) groups is 1. The lowest BCUT2D eigenvalue weighted by molar-refractivity contribution is -0.136. The van der Waals surface area contributed by atoms with Crippen LogP contribution in [0, 0.1) is 0 Å². The molecule has 0 bridgehead atoms. The number of benzene rings is 2. The Balaban J connectivity index is 2.23. The molecule has 0 aromatic heterocycles. The second-order valence-electron chi connectivity index (χ2n) is 3.73. The van der Waals surface area contributed by atoms with Crippen molar-refractivity contribution in [2.45, 2.75) is 16.2 Å². The Morgan fingerprint density at radius 2 is 1.78 bits per heavy atom. The van der Waals surface area contributed by atoms with Crippen LogP contribution in [-0.2, 0) is 11.2 Å². The molecule has 0 aliphatic carbocycles. The van der Waals surface area contributed by atoms with E-state index in [-0.39, 0.29) is 6.42 Å². The molecule has 18 heavy (non-hydrogen) atoms. The van der Waals surface area contributed by atoms with Crippen LogP contribution in [0.15, 0.2) is 62.8 Å². The topological polar surface area (TPSA) is 37.3 Å². The lowest BCUT2D eigenvalue weighted by atomic mass is 10.1. The van der Waals surface area contributed by atoms with Gasteiger partial charge in [0, 0.05) is 14.3 Å². The van der Waals surface area contributed by atoms with Crippen molar-refractivity contribution in [3.63, 3.8) is 0 Å². The van der Waals surface area contributed by atoms with Crippen molar-refractivity contribution >= 4 is 33.7 Å². The Morgan fingerprint density at radius 3 is 2.44 bits per heavy atom. The number of halogens is 1. The number of carboxylic acids is 1. The third kappa shape index (κ3) is 3.62. The van der Waals surface area contributed by atoms with E-state index < -0.39 is 5.97 Å². The van der Waals surface area contributed by atoms with Crippen LogP contribution < -0.4 is 0 Å². The first-order chi connectivity index (χ1) is 8.65. The zero-order chi connectivity index (χ0) is 13.0. The highest BCUT2D eigenvalue weighted by Gasteiger charge is 2.07. The van der Waals surface area contributed by atoms with Crippen LogP contribution in [0.2, 0.25) is 0 Å². The average Bonchev–Trinajstić information content (AvgIpc) is 2.34. The first-order valence-electron chi connectivity index (χ1n) is 5.38. The predicted octanol–water partition coefficient (Wildman–Crippen LogP) is 4.23. The maximum absolute atomic E-state index is 10.8. The van der Waals surface area contributed by atoms with E-state index in [0.29, 0.717) is 0 Å². The fourth-order valence-corrected chi connectivity index (χ4v) is 2.75. The van der Waals surface area contributed by atoms with Gasteiger partial charge >= 0.3 is 5.97 Å². The van der Waals surface area contributed by atoms with Gasteiger partial charge < -0.3 is 5.11 Å². The highest BCUT2D eigenvalue weighted by molar-refractivity contribution is 9.10. The number of rotatable bonds is 4. The summed E-state index contributed by atoms with van der Waals surface area (Å²) in [7, 11) is 0. The lowest BCUT2D eigenvalue weighted by Crippen LogP contribution is -2.01. The van der Waals surface area contributed by atoms with Gasteiger partial charge in [-0.1, -0.05) is 45.9 Å². The third-order valence-electron chi connectivity index (χ3n) is 2.36. The molecule has 4 heteroatoms. The first kappa shape index (κ1) is 13.2. The van der Waals surface area contributed by atoms with Gasteiger partial charge in [0.05, 0.1) is 6.42 Å². The summed E-state index contributed by atoms with van der Waals surface area (Å²) in [6, 6.07) is 15.6. The molecular weight excluding hydrogens is 312 g/mol. The summed E-state index contributed by atoms with van der Waals surface area (Å²) in [6.07, 6.45) is 0.0553. The molecule has 0 atom stereocenters. The van der Waals surface area contributed by atoms with Crippen LogP contribution in [0.4, 0.5) is 0 Å². The van der Waals surface area contributed by atoms with Gasteiger partial charge in [0.15, 0.2) is 0 Å². The summed E-state index contributed by atoms with van der Waals surface area (Å²) < 4.78 is 1.03. The third-order valence-corrected chi connectivity index (χ3v) is 4.01. The number of carboxylic acid groups (broad SMARTS) is 1. The molecule has 1 N–H and O–H groups in total. The molecule has 0 unspecified atom stereocenters. The normalized spacial score (nSPS) is 10.3. The van der Waals surface area contributed by atoms with Crippen molar-refractivity contribution in [3.8, 4) is 0 Å². The van der Waals surface area contributed by atoms with Gasteiger partial charge in [0.25, 0.3) is 0 Å². The zero-order valence-corrected chi connectivity index (χ0v) is 11.9. The molecule has 2 nitrogen and oxygen atoms in total. The summed E-state index contributed by atoms with van der Waals surface area (Å²) >= 11 is 4.97. The molecule has 0 spiro atoms. The molecule has 0 amide bonds. The van der Waals surface area contributed by atoms with Crippen molar-refractivity contribution in [2.24, 2.45) is 0 Å². The fraction of sp³-hybridized carbons (Fsp3) is 0.0714. The predicted molar refractivity (Wildman–Crippen MR) is 76.0 cm³/mol. The second kappa shape index (κ2) is 6.07. The number of hydrogen-bond donors (Lipinski definition) is 1. The van der Waals surface area contributed by atoms with E-state index in [1.165, 1.54) is 0 Å². The smallest absolute Gasteiger partial charge is 0.307 e. The highest BCUT2D eigenvalue weighted by atomic mass is 79.9. The van der Waals surface area contributed by atoms with Crippen LogP contribution in [0.1, 0.15) is 5.56 Å². The molecule has 0 heterocycles.